The number of aromatic nitrogens is 1. The van der Waals surface area contributed by atoms with E-state index < -0.39 is 5.91 Å². The molecule has 1 aromatic heterocycles. The van der Waals surface area contributed by atoms with Crippen molar-refractivity contribution in [3.8, 4) is 11.1 Å². The van der Waals surface area contributed by atoms with Crippen LogP contribution < -0.4 is 5.73 Å². The number of hydrogen-bond donors (Lipinski definition) is 1. The van der Waals surface area contributed by atoms with Gasteiger partial charge in [-0.1, -0.05) is 12.1 Å². The minimum Gasteiger partial charge on any atom is -0.366 e. The average Bonchev–Trinajstić information content (AvgIpc) is 2.71. The third-order valence-corrected chi connectivity index (χ3v) is 2.86. The SMILES string of the molecule is Cc1ccc(-c2cnsc2)cc1C(N)=O. The summed E-state index contributed by atoms with van der Waals surface area (Å²) < 4.78 is 4.02. The molecule has 1 amide bonds. The predicted octanol–water partition coefficient (Wildman–Crippen LogP) is 2.22. The molecular formula is C11H10N2OS. The average molecular weight is 218 g/mol. The first-order chi connectivity index (χ1) is 7.18. The second-order valence-electron chi connectivity index (χ2n) is 3.31. The lowest BCUT2D eigenvalue weighted by Gasteiger charge is -2.04. The number of benzene rings is 1. The van der Waals surface area contributed by atoms with Crippen LogP contribution in [0.3, 0.4) is 0 Å². The van der Waals surface area contributed by atoms with E-state index in [9.17, 15) is 4.79 Å². The van der Waals surface area contributed by atoms with Crippen LogP contribution in [0.1, 0.15) is 15.9 Å². The van der Waals surface area contributed by atoms with Gasteiger partial charge in [-0.3, -0.25) is 4.79 Å². The molecule has 15 heavy (non-hydrogen) atoms. The Bertz CT molecular complexity index is 491. The number of aryl methyl sites for hydroxylation is 1. The van der Waals surface area contributed by atoms with Gasteiger partial charge in [-0.2, -0.15) is 0 Å². The molecule has 0 spiro atoms. The van der Waals surface area contributed by atoms with E-state index in [1.54, 1.807) is 12.3 Å². The molecule has 2 rings (SSSR count). The maximum absolute atomic E-state index is 11.2. The fourth-order valence-electron chi connectivity index (χ4n) is 1.41. The standard InChI is InChI=1S/C11H10N2OS/c1-7-2-3-8(4-10(7)11(12)14)9-5-13-15-6-9/h2-6H,1H3,(H2,12,14). The van der Waals surface area contributed by atoms with Gasteiger partial charge in [-0.15, -0.1) is 0 Å². The molecule has 0 aliphatic heterocycles. The van der Waals surface area contributed by atoms with Crippen molar-refractivity contribution in [2.75, 3.05) is 0 Å². The normalized spacial score (nSPS) is 10.2. The first-order valence-electron chi connectivity index (χ1n) is 4.48. The van der Waals surface area contributed by atoms with Crippen LogP contribution in [0.5, 0.6) is 0 Å². The van der Waals surface area contributed by atoms with Gasteiger partial charge in [-0.05, 0) is 35.6 Å². The highest BCUT2D eigenvalue weighted by Gasteiger charge is 2.07. The molecule has 0 radical (unpaired) electrons. The summed E-state index contributed by atoms with van der Waals surface area (Å²) in [4.78, 5) is 11.2. The Morgan fingerprint density at radius 2 is 2.20 bits per heavy atom. The zero-order chi connectivity index (χ0) is 10.8. The van der Waals surface area contributed by atoms with Crippen LogP contribution in [-0.2, 0) is 0 Å². The summed E-state index contributed by atoms with van der Waals surface area (Å²) in [5, 5.41) is 1.94. The van der Waals surface area contributed by atoms with Gasteiger partial charge in [0, 0.05) is 22.7 Å². The van der Waals surface area contributed by atoms with E-state index in [0.29, 0.717) is 5.56 Å². The van der Waals surface area contributed by atoms with Gasteiger partial charge in [0.15, 0.2) is 0 Å². The summed E-state index contributed by atoms with van der Waals surface area (Å²) in [6.45, 7) is 1.87. The van der Waals surface area contributed by atoms with Crippen molar-refractivity contribution in [1.29, 1.82) is 0 Å². The molecule has 4 heteroatoms. The molecule has 0 aliphatic carbocycles. The smallest absolute Gasteiger partial charge is 0.248 e. The maximum Gasteiger partial charge on any atom is 0.248 e. The quantitative estimate of drug-likeness (QED) is 0.840. The number of nitrogens with two attached hydrogens (primary N) is 1. The second kappa shape index (κ2) is 3.82. The Morgan fingerprint density at radius 1 is 1.40 bits per heavy atom. The van der Waals surface area contributed by atoms with Gasteiger partial charge in [0.2, 0.25) is 5.91 Å². The molecule has 1 heterocycles. The minimum absolute atomic E-state index is 0.391. The van der Waals surface area contributed by atoms with E-state index in [4.69, 9.17) is 5.73 Å². The van der Waals surface area contributed by atoms with E-state index in [0.717, 1.165) is 16.7 Å². The summed E-state index contributed by atoms with van der Waals surface area (Å²) in [6, 6.07) is 5.67. The Morgan fingerprint density at radius 3 is 2.80 bits per heavy atom. The molecule has 0 saturated heterocycles. The molecule has 2 aromatic rings. The van der Waals surface area contributed by atoms with E-state index >= 15 is 0 Å². The number of hydrogen-bond acceptors (Lipinski definition) is 3. The highest BCUT2D eigenvalue weighted by molar-refractivity contribution is 7.03. The highest BCUT2D eigenvalue weighted by Crippen LogP contribution is 2.22. The zero-order valence-corrected chi connectivity index (χ0v) is 9.04. The van der Waals surface area contributed by atoms with Crippen LogP contribution in [-0.4, -0.2) is 10.3 Å². The zero-order valence-electron chi connectivity index (χ0n) is 8.23. The molecule has 0 unspecified atom stereocenters. The van der Waals surface area contributed by atoms with Crippen molar-refractivity contribution >= 4 is 17.4 Å². The van der Waals surface area contributed by atoms with Gasteiger partial charge in [0.1, 0.15) is 0 Å². The van der Waals surface area contributed by atoms with Crippen LogP contribution >= 0.6 is 11.5 Å². The lowest BCUT2D eigenvalue weighted by molar-refractivity contribution is 0.1000. The van der Waals surface area contributed by atoms with Crippen molar-refractivity contribution in [2.24, 2.45) is 5.73 Å². The number of amides is 1. The first-order valence-corrected chi connectivity index (χ1v) is 5.32. The molecule has 0 atom stereocenters. The van der Waals surface area contributed by atoms with Crippen molar-refractivity contribution in [2.45, 2.75) is 6.92 Å². The maximum atomic E-state index is 11.2. The van der Waals surface area contributed by atoms with Crippen LogP contribution in [0.2, 0.25) is 0 Å². The molecule has 0 fully saturated rings. The molecule has 1 aromatic carbocycles. The summed E-state index contributed by atoms with van der Waals surface area (Å²) in [6.07, 6.45) is 1.78. The molecule has 3 nitrogen and oxygen atoms in total. The van der Waals surface area contributed by atoms with E-state index in [2.05, 4.69) is 4.37 Å². The molecule has 76 valence electrons. The highest BCUT2D eigenvalue weighted by atomic mass is 32.1. The summed E-state index contributed by atoms with van der Waals surface area (Å²) >= 11 is 1.39. The largest absolute Gasteiger partial charge is 0.366 e. The van der Waals surface area contributed by atoms with Gasteiger partial charge in [-0.25, -0.2) is 4.37 Å². The topological polar surface area (TPSA) is 56.0 Å². The predicted molar refractivity (Wildman–Crippen MR) is 60.8 cm³/mol. The number of primary amides is 1. The van der Waals surface area contributed by atoms with Crippen molar-refractivity contribution in [3.63, 3.8) is 0 Å². The Balaban J connectivity index is 2.52. The van der Waals surface area contributed by atoms with Gasteiger partial charge >= 0.3 is 0 Å². The third-order valence-electron chi connectivity index (χ3n) is 2.27. The van der Waals surface area contributed by atoms with Crippen LogP contribution in [0.15, 0.2) is 29.8 Å². The number of rotatable bonds is 2. The summed E-state index contributed by atoms with van der Waals surface area (Å²) in [5.41, 5.74) is 8.74. The lowest BCUT2D eigenvalue weighted by atomic mass is 10.0. The van der Waals surface area contributed by atoms with E-state index in [-0.39, 0.29) is 0 Å². The van der Waals surface area contributed by atoms with E-state index in [1.165, 1.54) is 11.5 Å². The molecule has 2 N–H and O–H groups in total. The first kappa shape index (κ1) is 9.86. The van der Waals surface area contributed by atoms with Crippen LogP contribution in [0, 0.1) is 6.92 Å². The number of carbonyl (C=O) groups excluding carboxylic acids is 1. The van der Waals surface area contributed by atoms with Gasteiger partial charge < -0.3 is 5.73 Å². The Kier molecular flexibility index (Phi) is 2.51. The Hall–Kier alpha value is -1.68. The van der Waals surface area contributed by atoms with Gasteiger partial charge in [0.25, 0.3) is 0 Å². The van der Waals surface area contributed by atoms with Crippen LogP contribution in [0.25, 0.3) is 11.1 Å². The Labute approximate surface area is 91.7 Å². The molecule has 0 saturated carbocycles. The van der Waals surface area contributed by atoms with Crippen LogP contribution in [0.4, 0.5) is 0 Å². The van der Waals surface area contributed by atoms with Gasteiger partial charge in [0.05, 0.1) is 0 Å². The number of carbonyl (C=O) groups is 1. The molecule has 0 aliphatic rings. The second-order valence-corrected chi connectivity index (χ2v) is 3.96. The van der Waals surface area contributed by atoms with Crippen molar-refractivity contribution < 1.29 is 4.79 Å². The lowest BCUT2D eigenvalue weighted by Crippen LogP contribution is -2.12. The molecule has 0 bridgehead atoms. The monoisotopic (exact) mass is 218 g/mol. The minimum atomic E-state index is -0.391. The fourth-order valence-corrected chi connectivity index (χ4v) is 1.96. The number of nitrogens with zero attached hydrogens (tertiary/aromatic N) is 1. The summed E-state index contributed by atoms with van der Waals surface area (Å²) in [5.74, 6) is -0.391. The third kappa shape index (κ3) is 1.89. The fraction of sp³-hybridized carbons (Fsp3) is 0.0909. The summed E-state index contributed by atoms with van der Waals surface area (Å²) in [7, 11) is 0. The molecular weight excluding hydrogens is 208 g/mol. The van der Waals surface area contributed by atoms with Crippen molar-refractivity contribution in [1.82, 2.24) is 4.37 Å². The van der Waals surface area contributed by atoms with Crippen molar-refractivity contribution in [3.05, 3.63) is 40.9 Å². The van der Waals surface area contributed by atoms with E-state index in [1.807, 2.05) is 24.4 Å².